The van der Waals surface area contributed by atoms with Gasteiger partial charge in [0.2, 0.25) is 0 Å². The van der Waals surface area contributed by atoms with Gasteiger partial charge < -0.3 is 26.5 Å². The minimum Gasteiger partial charge on any atom is -0.370 e. The van der Waals surface area contributed by atoms with E-state index in [4.69, 9.17) is 21.7 Å². The molecule has 0 fully saturated rings. The van der Waals surface area contributed by atoms with Crippen LogP contribution in [0.25, 0.3) is 0 Å². The van der Waals surface area contributed by atoms with E-state index in [0.717, 1.165) is 0 Å². The van der Waals surface area contributed by atoms with E-state index in [2.05, 4.69) is 15.7 Å². The second-order valence-corrected chi connectivity index (χ2v) is 1.58. The van der Waals surface area contributed by atoms with E-state index < -0.39 is 17.8 Å². The zero-order valence-electron chi connectivity index (χ0n) is 5.97. The first-order valence-electron chi connectivity index (χ1n) is 2.37. The van der Waals surface area contributed by atoms with Gasteiger partial charge in [0.05, 0.1) is 0 Å². The summed E-state index contributed by atoms with van der Waals surface area (Å²) in [7, 11) is 0. The van der Waals surface area contributed by atoms with E-state index in [0.29, 0.717) is 0 Å². The normalized spacial score (nSPS) is 9.58. The highest BCUT2D eigenvalue weighted by molar-refractivity contribution is 5.83. The number of rotatable bonds is 2. The molecule has 0 atom stereocenters. The van der Waals surface area contributed by atoms with Gasteiger partial charge in [0.25, 0.3) is 0 Å². The Balaban J connectivity index is 0. The molecule has 67 valence electrons. The molecular formula is C3H8AlN4O4. The molecule has 0 aliphatic heterocycles. The molecule has 0 aliphatic rings. The van der Waals surface area contributed by atoms with Crippen molar-refractivity contribution in [3.05, 3.63) is 0 Å². The molecule has 8 N–H and O–H groups in total. The summed E-state index contributed by atoms with van der Waals surface area (Å²) in [5.41, 5.74) is 9.46. The van der Waals surface area contributed by atoms with E-state index in [1.165, 1.54) is 0 Å². The lowest BCUT2D eigenvalue weighted by Crippen LogP contribution is -2.42. The van der Waals surface area contributed by atoms with Gasteiger partial charge in [-0.3, -0.25) is 0 Å². The number of guanidine groups is 1. The van der Waals surface area contributed by atoms with Crippen LogP contribution in [0.3, 0.4) is 0 Å². The number of nitrogens with two attached hydrogens (primary N) is 3. The fourth-order valence-corrected chi connectivity index (χ4v) is 0.305. The number of aliphatic imine (C=N–C) groups is 1. The van der Waals surface area contributed by atoms with E-state index in [1.54, 1.807) is 0 Å². The average molecular weight is 191 g/mol. The summed E-state index contributed by atoms with van der Waals surface area (Å²) in [6.45, 7) is 0. The van der Waals surface area contributed by atoms with Crippen molar-refractivity contribution in [3.8, 4) is 0 Å². The molecule has 0 saturated carbocycles. The van der Waals surface area contributed by atoms with Gasteiger partial charge in [0.15, 0.2) is 5.96 Å². The molecule has 0 unspecified atom stereocenters. The van der Waals surface area contributed by atoms with Crippen LogP contribution in [-0.4, -0.2) is 45.4 Å². The van der Waals surface area contributed by atoms with Crippen LogP contribution >= 0.6 is 0 Å². The molecule has 0 heterocycles. The first kappa shape index (κ1) is 13.7. The third kappa shape index (κ3) is 4.12. The minimum atomic E-state index is -3.12. The molecule has 0 saturated heterocycles. The number of hydrogen-bond donors (Lipinski definition) is 5. The summed E-state index contributed by atoms with van der Waals surface area (Å²) in [5, 5.41) is 17.2. The summed E-state index contributed by atoms with van der Waals surface area (Å²) in [5.74, 6) is -1.06. The maximum atomic E-state index is 10.3. The minimum absolute atomic E-state index is 0. The van der Waals surface area contributed by atoms with Gasteiger partial charge in [-0.25, -0.2) is 4.79 Å². The Hall–Kier alpha value is -0.848. The zero-order chi connectivity index (χ0) is 9.07. The Bertz CT molecular complexity index is 189. The van der Waals surface area contributed by atoms with Gasteiger partial charge in [-0.2, -0.15) is 10.9 Å². The van der Waals surface area contributed by atoms with Crippen LogP contribution in [0.2, 0.25) is 0 Å². The van der Waals surface area contributed by atoms with Gasteiger partial charge in [0.1, 0.15) is 0 Å². The third-order valence-electron chi connectivity index (χ3n) is 0.666. The Morgan fingerprint density at radius 2 is 1.83 bits per heavy atom. The van der Waals surface area contributed by atoms with Crippen LogP contribution in [-0.2, 0) is 9.63 Å². The van der Waals surface area contributed by atoms with Crippen LogP contribution in [0, 0.1) is 0 Å². The van der Waals surface area contributed by atoms with Gasteiger partial charge in [0, 0.05) is 17.4 Å². The molecule has 3 radical (unpaired) electrons. The number of hydrogen-bond acceptors (Lipinski definition) is 6. The molecular weight excluding hydrogens is 183 g/mol. The first-order valence-corrected chi connectivity index (χ1v) is 2.37. The molecule has 0 aromatic heterocycles. The number of carbonyl (C=O) groups is 1. The van der Waals surface area contributed by atoms with E-state index in [1.807, 2.05) is 0 Å². The van der Waals surface area contributed by atoms with Crippen molar-refractivity contribution < 1.29 is 19.8 Å². The Morgan fingerprint density at radius 1 is 1.42 bits per heavy atom. The fraction of sp³-hybridized carbons (Fsp3) is 0.333. The molecule has 0 aromatic carbocycles. The Kier molecular flexibility index (Phi) is 5.62. The van der Waals surface area contributed by atoms with Crippen molar-refractivity contribution in [1.29, 1.82) is 0 Å². The van der Waals surface area contributed by atoms with Crippen LogP contribution in [0.4, 0.5) is 0 Å². The van der Waals surface area contributed by atoms with Crippen LogP contribution in [0.5, 0.6) is 0 Å². The molecule has 0 rings (SSSR count). The van der Waals surface area contributed by atoms with Gasteiger partial charge in [-0.15, -0.1) is 0 Å². The maximum absolute atomic E-state index is 10.3. The van der Waals surface area contributed by atoms with Gasteiger partial charge >= 0.3 is 11.9 Å². The predicted molar refractivity (Wildman–Crippen MR) is 39.0 cm³/mol. The summed E-state index contributed by atoms with van der Waals surface area (Å²) in [6, 6.07) is 0. The number of aliphatic hydroxyl groups is 2. The molecule has 12 heavy (non-hydrogen) atoms. The van der Waals surface area contributed by atoms with Crippen LogP contribution < -0.4 is 17.4 Å². The van der Waals surface area contributed by atoms with Crippen LogP contribution in [0.1, 0.15) is 0 Å². The average Bonchev–Trinajstić information content (AvgIpc) is 1.83. The lowest BCUT2D eigenvalue weighted by atomic mass is 10.5. The fourth-order valence-electron chi connectivity index (χ4n) is 0.305. The quantitative estimate of drug-likeness (QED) is 0.0975. The van der Waals surface area contributed by atoms with Crippen molar-refractivity contribution in [2.24, 2.45) is 22.4 Å². The standard InChI is InChI=1S/C3H8N4O4.Al/c4-2(5)7-3(9,10)1(8)11-6;/h9-10H,6H2,(H4,4,5,7);. The molecule has 0 aliphatic carbocycles. The van der Waals surface area contributed by atoms with E-state index in [-0.39, 0.29) is 17.4 Å². The summed E-state index contributed by atoms with van der Waals surface area (Å²) in [4.78, 5) is 16.5. The highest BCUT2D eigenvalue weighted by Gasteiger charge is 2.35. The number of carbonyl (C=O) groups excluding carboxylic acids is 1. The van der Waals surface area contributed by atoms with Crippen molar-refractivity contribution >= 4 is 29.3 Å². The highest BCUT2D eigenvalue weighted by atomic mass is 27.0. The van der Waals surface area contributed by atoms with Crippen molar-refractivity contribution in [2.45, 2.75) is 5.91 Å². The largest absolute Gasteiger partial charge is 0.410 e. The second kappa shape index (κ2) is 4.92. The third-order valence-corrected chi connectivity index (χ3v) is 0.666. The topological polar surface area (TPSA) is 157 Å². The SMILES string of the molecule is NOC(=O)C(O)(O)N=C(N)N.[Al]. The first-order chi connectivity index (χ1) is 4.90. The molecule has 8 nitrogen and oxygen atoms in total. The smallest absolute Gasteiger partial charge is 0.370 e. The molecule has 0 aromatic rings. The van der Waals surface area contributed by atoms with Crippen molar-refractivity contribution in [3.63, 3.8) is 0 Å². The monoisotopic (exact) mass is 191 g/mol. The Labute approximate surface area is 78.1 Å². The summed E-state index contributed by atoms with van der Waals surface area (Å²) >= 11 is 0. The predicted octanol–water partition coefficient (Wildman–Crippen LogP) is -4.07. The molecule has 0 spiro atoms. The Morgan fingerprint density at radius 3 is 2.08 bits per heavy atom. The number of nitrogens with zero attached hydrogens (tertiary/aromatic N) is 1. The van der Waals surface area contributed by atoms with Gasteiger partial charge in [-0.05, 0) is 0 Å². The summed E-state index contributed by atoms with van der Waals surface area (Å²) in [6.07, 6.45) is 0. The zero-order valence-corrected chi connectivity index (χ0v) is 7.12. The van der Waals surface area contributed by atoms with E-state index in [9.17, 15) is 4.79 Å². The molecule has 0 amide bonds. The van der Waals surface area contributed by atoms with Crippen molar-refractivity contribution in [1.82, 2.24) is 0 Å². The maximum Gasteiger partial charge on any atom is 0.410 e. The molecule has 0 bridgehead atoms. The lowest BCUT2D eigenvalue weighted by Gasteiger charge is -2.11. The second-order valence-electron chi connectivity index (χ2n) is 1.58. The molecule has 9 heteroatoms. The summed E-state index contributed by atoms with van der Waals surface area (Å²) < 4.78 is 0. The lowest BCUT2D eigenvalue weighted by molar-refractivity contribution is -0.206. The van der Waals surface area contributed by atoms with Crippen LogP contribution in [0.15, 0.2) is 4.99 Å². The van der Waals surface area contributed by atoms with Crippen molar-refractivity contribution in [2.75, 3.05) is 0 Å². The van der Waals surface area contributed by atoms with Gasteiger partial charge in [-0.1, -0.05) is 0 Å². The highest BCUT2D eigenvalue weighted by Crippen LogP contribution is 2.01. The van der Waals surface area contributed by atoms with E-state index >= 15 is 0 Å².